The van der Waals surface area contributed by atoms with E-state index in [0.29, 0.717) is 5.03 Å². The Morgan fingerprint density at radius 3 is 2.64 bits per heavy atom. The fourth-order valence-corrected chi connectivity index (χ4v) is 1.39. The van der Waals surface area contributed by atoms with E-state index < -0.39 is 10.2 Å². The van der Waals surface area contributed by atoms with E-state index in [1.807, 2.05) is 0 Å². The van der Waals surface area contributed by atoms with Crippen LogP contribution in [0.1, 0.15) is 0 Å². The molecule has 5 nitrogen and oxygen atoms in total. The van der Waals surface area contributed by atoms with Crippen LogP contribution in [0.25, 0.3) is 0 Å². The van der Waals surface area contributed by atoms with Crippen LogP contribution >= 0.6 is 11.8 Å². The molecule has 1 aromatic rings. The average molecular weight is 193 g/mol. The minimum Gasteiger partial charge on any atom is -0.210 e. The summed E-state index contributed by atoms with van der Waals surface area (Å²) >= 11 is 1.35. The van der Waals surface area contributed by atoms with Crippen molar-refractivity contribution in [3.05, 3.63) is 12.3 Å². The highest BCUT2D eigenvalue weighted by molar-refractivity contribution is 7.98. The van der Waals surface area contributed by atoms with Gasteiger partial charge in [-0.2, -0.15) is 17.6 Å². The number of thioether (sulfide) groups is 1. The largest absolute Gasteiger partial charge is 0.317 e. The van der Waals surface area contributed by atoms with Crippen LogP contribution in [0.3, 0.4) is 0 Å². The Balaban J connectivity index is 3.09. The van der Waals surface area contributed by atoms with Gasteiger partial charge in [0.1, 0.15) is 5.03 Å². The van der Waals surface area contributed by atoms with Crippen LogP contribution in [0, 0.1) is 0 Å². The number of nitrogens with two attached hydrogens (primary N) is 1. The second-order valence-corrected chi connectivity index (χ2v) is 4.01. The van der Waals surface area contributed by atoms with E-state index in [9.17, 15) is 8.42 Å². The number of hydrogen-bond acceptors (Lipinski definition) is 4. The van der Waals surface area contributed by atoms with Crippen LogP contribution in [-0.4, -0.2) is 23.9 Å². The normalized spacial score (nSPS) is 11.8. The van der Waals surface area contributed by atoms with Gasteiger partial charge >= 0.3 is 10.2 Å². The molecule has 0 fully saturated rings. The monoisotopic (exact) mass is 193 g/mol. The molecular formula is C4H7N3O2S2. The van der Waals surface area contributed by atoms with Gasteiger partial charge in [0.25, 0.3) is 0 Å². The van der Waals surface area contributed by atoms with Crippen molar-refractivity contribution in [2.24, 2.45) is 5.14 Å². The maximum Gasteiger partial charge on any atom is 0.317 e. The summed E-state index contributed by atoms with van der Waals surface area (Å²) < 4.78 is 22.0. The smallest absolute Gasteiger partial charge is 0.210 e. The standard InChI is InChI=1S/C4H7N3O2S2/c1-10-4-2-3-7(6-4)11(5,8)9/h2-3H,1H3,(H2,5,8,9). The highest BCUT2D eigenvalue weighted by atomic mass is 32.2. The first-order valence-electron chi connectivity index (χ1n) is 2.67. The van der Waals surface area contributed by atoms with E-state index in [4.69, 9.17) is 5.14 Å². The van der Waals surface area contributed by atoms with E-state index in [1.54, 1.807) is 12.3 Å². The van der Waals surface area contributed by atoms with Gasteiger partial charge in [-0.3, -0.25) is 0 Å². The molecule has 1 heterocycles. The van der Waals surface area contributed by atoms with Crippen molar-refractivity contribution in [3.63, 3.8) is 0 Å². The van der Waals surface area contributed by atoms with Gasteiger partial charge in [-0.25, -0.2) is 5.14 Å². The molecule has 7 heteroatoms. The van der Waals surface area contributed by atoms with Crippen molar-refractivity contribution in [3.8, 4) is 0 Å². The van der Waals surface area contributed by atoms with E-state index >= 15 is 0 Å². The first-order valence-corrected chi connectivity index (χ1v) is 5.40. The highest BCUT2D eigenvalue weighted by Gasteiger charge is 2.06. The van der Waals surface area contributed by atoms with Crippen LogP contribution in [0.15, 0.2) is 17.3 Å². The lowest BCUT2D eigenvalue weighted by Crippen LogP contribution is -2.22. The molecule has 0 spiro atoms. The number of hydrogen-bond donors (Lipinski definition) is 1. The maximum atomic E-state index is 10.6. The molecule has 0 saturated carbocycles. The molecule has 0 atom stereocenters. The second kappa shape index (κ2) is 2.84. The zero-order valence-electron chi connectivity index (χ0n) is 5.76. The fraction of sp³-hybridized carbons (Fsp3) is 0.250. The summed E-state index contributed by atoms with van der Waals surface area (Å²) in [5, 5.41) is 9.08. The van der Waals surface area contributed by atoms with Crippen LogP contribution in [0.5, 0.6) is 0 Å². The van der Waals surface area contributed by atoms with E-state index in [0.717, 1.165) is 4.09 Å². The lowest BCUT2D eigenvalue weighted by atomic mass is 10.8. The van der Waals surface area contributed by atoms with Gasteiger partial charge < -0.3 is 0 Å². The third-order valence-corrected chi connectivity index (χ3v) is 2.37. The molecule has 11 heavy (non-hydrogen) atoms. The first-order chi connectivity index (χ1) is 5.04. The third kappa shape index (κ3) is 1.95. The zero-order chi connectivity index (χ0) is 8.48. The molecule has 0 bridgehead atoms. The Hall–Kier alpha value is -0.530. The van der Waals surface area contributed by atoms with Gasteiger partial charge in [-0.05, 0) is 12.3 Å². The Morgan fingerprint density at radius 2 is 2.36 bits per heavy atom. The van der Waals surface area contributed by atoms with Crippen molar-refractivity contribution in [2.45, 2.75) is 5.03 Å². The van der Waals surface area contributed by atoms with Crippen molar-refractivity contribution < 1.29 is 8.42 Å². The van der Waals surface area contributed by atoms with Gasteiger partial charge in [0, 0.05) is 6.20 Å². The fourth-order valence-electron chi connectivity index (χ4n) is 0.542. The van der Waals surface area contributed by atoms with Gasteiger partial charge in [-0.1, -0.05) is 0 Å². The van der Waals surface area contributed by atoms with Gasteiger partial charge in [0.15, 0.2) is 0 Å². The summed E-state index contributed by atoms with van der Waals surface area (Å²) in [7, 11) is -3.70. The third-order valence-electron chi connectivity index (χ3n) is 1.01. The van der Waals surface area contributed by atoms with E-state index in [1.165, 1.54) is 18.0 Å². The van der Waals surface area contributed by atoms with Crippen LogP contribution < -0.4 is 5.14 Å². The molecule has 0 aliphatic rings. The van der Waals surface area contributed by atoms with Crippen molar-refractivity contribution >= 4 is 22.0 Å². The molecule has 0 amide bonds. The molecule has 0 aliphatic heterocycles. The molecule has 0 aliphatic carbocycles. The van der Waals surface area contributed by atoms with Crippen molar-refractivity contribution in [1.29, 1.82) is 0 Å². The van der Waals surface area contributed by atoms with Crippen molar-refractivity contribution in [2.75, 3.05) is 6.26 Å². The SMILES string of the molecule is CSc1ccn(S(N)(=O)=O)n1. The minimum absolute atomic E-state index is 0.624. The summed E-state index contributed by atoms with van der Waals surface area (Å²) in [6, 6.07) is 1.58. The Morgan fingerprint density at radius 1 is 1.73 bits per heavy atom. The lowest BCUT2D eigenvalue weighted by Gasteiger charge is -1.93. The molecule has 2 N–H and O–H groups in total. The number of nitrogens with zero attached hydrogens (tertiary/aromatic N) is 2. The molecule has 62 valence electrons. The quantitative estimate of drug-likeness (QED) is 0.651. The van der Waals surface area contributed by atoms with Gasteiger partial charge in [-0.15, -0.1) is 11.8 Å². The maximum absolute atomic E-state index is 10.6. The summed E-state index contributed by atoms with van der Waals surface area (Å²) in [5.74, 6) is 0. The molecular weight excluding hydrogens is 186 g/mol. The zero-order valence-corrected chi connectivity index (χ0v) is 7.39. The summed E-state index contributed by atoms with van der Waals surface area (Å²) in [6.07, 6.45) is 3.11. The second-order valence-electron chi connectivity index (χ2n) is 1.78. The summed E-state index contributed by atoms with van der Waals surface area (Å²) in [4.78, 5) is 0. The summed E-state index contributed by atoms with van der Waals surface area (Å²) in [5.41, 5.74) is 0. The Labute approximate surface area is 68.8 Å². The minimum atomic E-state index is -3.70. The van der Waals surface area contributed by atoms with E-state index in [-0.39, 0.29) is 0 Å². The van der Waals surface area contributed by atoms with Gasteiger partial charge in [0.2, 0.25) is 0 Å². The predicted molar refractivity (Wildman–Crippen MR) is 42.5 cm³/mol. The predicted octanol–water partition coefficient (Wildman–Crippen LogP) is -0.343. The van der Waals surface area contributed by atoms with Crippen LogP contribution in [-0.2, 0) is 10.2 Å². The molecule has 0 aromatic carbocycles. The molecule has 0 saturated heterocycles. The number of aromatic nitrogens is 2. The van der Waals surface area contributed by atoms with Crippen molar-refractivity contribution in [1.82, 2.24) is 9.19 Å². The topological polar surface area (TPSA) is 78.0 Å². The Bertz CT molecular complexity index is 342. The average Bonchev–Trinajstić information content (AvgIpc) is 2.32. The number of rotatable bonds is 2. The molecule has 0 unspecified atom stereocenters. The lowest BCUT2D eigenvalue weighted by molar-refractivity contribution is 0.580. The molecule has 0 radical (unpaired) electrons. The van der Waals surface area contributed by atoms with Gasteiger partial charge in [0.05, 0.1) is 0 Å². The molecule has 1 rings (SSSR count). The van der Waals surface area contributed by atoms with Crippen LogP contribution in [0.4, 0.5) is 0 Å². The Kier molecular flexibility index (Phi) is 2.21. The molecule has 1 aromatic heterocycles. The van der Waals surface area contributed by atoms with Crippen LogP contribution in [0.2, 0.25) is 0 Å². The summed E-state index contributed by atoms with van der Waals surface area (Å²) in [6.45, 7) is 0. The van der Waals surface area contributed by atoms with E-state index in [2.05, 4.69) is 5.10 Å². The first kappa shape index (κ1) is 8.57. The highest BCUT2D eigenvalue weighted by Crippen LogP contribution is 2.09.